The molecule has 6 nitrogen and oxygen atoms in total. The Morgan fingerprint density at radius 3 is 2.45 bits per heavy atom. The van der Waals surface area contributed by atoms with Gasteiger partial charge in [0, 0.05) is 42.2 Å². The lowest BCUT2D eigenvalue weighted by atomic mass is 9.74. The summed E-state index contributed by atoms with van der Waals surface area (Å²) in [5, 5.41) is 10.8. The van der Waals surface area contributed by atoms with Crippen LogP contribution < -0.4 is 9.64 Å². The number of carboxylic acid groups (broad SMARTS) is 1. The lowest BCUT2D eigenvalue weighted by Gasteiger charge is -2.39. The maximum atomic E-state index is 16.0. The van der Waals surface area contributed by atoms with E-state index in [1.807, 2.05) is 14.1 Å². The number of carbonyl (C=O) groups is 1. The Labute approximate surface area is 235 Å². The number of aliphatic carboxylic acids is 1. The number of benzene rings is 2. The fourth-order valence-corrected chi connectivity index (χ4v) is 6.18. The third-order valence-corrected chi connectivity index (χ3v) is 8.62. The highest BCUT2D eigenvalue weighted by Crippen LogP contribution is 2.43. The summed E-state index contributed by atoms with van der Waals surface area (Å²) in [6.07, 6.45) is 1.18. The van der Waals surface area contributed by atoms with Crippen LogP contribution in [0, 0.1) is 22.9 Å². The third kappa shape index (κ3) is 6.46. The highest BCUT2D eigenvalue weighted by atomic mass is 32.2. The molecule has 11 heteroatoms. The second kappa shape index (κ2) is 12.6. The van der Waals surface area contributed by atoms with E-state index in [1.54, 1.807) is 36.4 Å². The summed E-state index contributed by atoms with van der Waals surface area (Å²) in [5.41, 5.74) is 0.688. The molecule has 0 aliphatic carbocycles. The Hall–Kier alpha value is -3.05. The molecule has 0 spiro atoms. The predicted molar refractivity (Wildman–Crippen MR) is 148 cm³/mol. The Balaban J connectivity index is 1.40. The molecule has 3 aromatic rings. The van der Waals surface area contributed by atoms with Crippen molar-refractivity contribution >= 4 is 34.3 Å². The fourth-order valence-electron chi connectivity index (χ4n) is 5.23. The van der Waals surface area contributed by atoms with Crippen molar-refractivity contribution < 1.29 is 32.2 Å². The molecular formula is C29H33F4N3O3S. The number of aromatic nitrogens is 1. The van der Waals surface area contributed by atoms with Crippen molar-refractivity contribution in [2.24, 2.45) is 5.41 Å². The van der Waals surface area contributed by atoms with Gasteiger partial charge in [0.15, 0.2) is 17.5 Å². The summed E-state index contributed by atoms with van der Waals surface area (Å²) < 4.78 is 61.5. The van der Waals surface area contributed by atoms with E-state index in [4.69, 9.17) is 4.74 Å². The van der Waals surface area contributed by atoms with E-state index < -0.39 is 35.0 Å². The first kappa shape index (κ1) is 29.9. The molecule has 40 heavy (non-hydrogen) atoms. The van der Waals surface area contributed by atoms with Crippen molar-refractivity contribution in [1.29, 1.82) is 0 Å². The van der Waals surface area contributed by atoms with Crippen LogP contribution in [0.2, 0.25) is 0 Å². The molecule has 1 fully saturated rings. The largest absolute Gasteiger partial charge is 0.497 e. The Morgan fingerprint density at radius 2 is 1.85 bits per heavy atom. The number of alkyl halides is 1. The topological polar surface area (TPSA) is 65.9 Å². The van der Waals surface area contributed by atoms with Crippen LogP contribution in [0.5, 0.6) is 5.75 Å². The molecule has 0 amide bonds. The predicted octanol–water partition coefficient (Wildman–Crippen LogP) is 6.48. The average molecular weight is 580 g/mol. The van der Waals surface area contributed by atoms with Gasteiger partial charge in [-0.1, -0.05) is 0 Å². The minimum Gasteiger partial charge on any atom is -0.497 e. The molecule has 1 atom stereocenters. The maximum absolute atomic E-state index is 16.0. The smallest absolute Gasteiger partial charge is 0.309 e. The molecular weight excluding hydrogens is 546 g/mol. The number of nitrogens with zero attached hydrogens (tertiary/aromatic N) is 3. The maximum Gasteiger partial charge on any atom is 0.309 e. The molecule has 0 bridgehead atoms. The highest BCUT2D eigenvalue weighted by Gasteiger charge is 2.42. The molecule has 1 aliphatic heterocycles. The van der Waals surface area contributed by atoms with E-state index >= 15 is 4.39 Å². The van der Waals surface area contributed by atoms with Gasteiger partial charge in [-0.2, -0.15) is 0 Å². The zero-order valence-corrected chi connectivity index (χ0v) is 23.5. The van der Waals surface area contributed by atoms with Crippen molar-refractivity contribution in [3.05, 3.63) is 59.5 Å². The van der Waals surface area contributed by atoms with E-state index in [0.717, 1.165) is 12.1 Å². The number of pyridine rings is 1. The molecule has 2 heterocycles. The lowest BCUT2D eigenvalue weighted by Crippen LogP contribution is -2.45. The van der Waals surface area contributed by atoms with Crippen molar-refractivity contribution in [2.45, 2.75) is 36.8 Å². The molecule has 1 aromatic heterocycles. The number of ether oxygens (including phenoxy) is 1. The quantitative estimate of drug-likeness (QED) is 0.159. The molecule has 0 saturated carbocycles. The van der Waals surface area contributed by atoms with Crippen molar-refractivity contribution in [1.82, 2.24) is 9.88 Å². The fraction of sp³-hybridized carbons (Fsp3) is 0.448. The van der Waals surface area contributed by atoms with Gasteiger partial charge < -0.3 is 19.6 Å². The van der Waals surface area contributed by atoms with Crippen molar-refractivity contribution in [3.8, 4) is 5.75 Å². The summed E-state index contributed by atoms with van der Waals surface area (Å²) in [7, 11) is 5.17. The van der Waals surface area contributed by atoms with Crippen molar-refractivity contribution in [2.75, 3.05) is 51.5 Å². The van der Waals surface area contributed by atoms with E-state index in [-0.39, 0.29) is 12.8 Å². The van der Waals surface area contributed by atoms with Crippen LogP contribution in [0.1, 0.15) is 37.4 Å². The Kier molecular flexibility index (Phi) is 9.45. The number of hydrogen-bond donors (Lipinski definition) is 1. The number of methoxy groups -OCH3 is 1. The molecule has 2 aromatic carbocycles. The Bertz CT molecular complexity index is 1340. The zero-order valence-electron chi connectivity index (χ0n) is 22.7. The molecule has 1 aliphatic rings. The summed E-state index contributed by atoms with van der Waals surface area (Å²) in [5.74, 6) is -3.79. The van der Waals surface area contributed by atoms with E-state index in [2.05, 4.69) is 9.88 Å². The second-order valence-corrected chi connectivity index (χ2v) is 11.5. The second-order valence-electron chi connectivity index (χ2n) is 10.3. The standard InChI is InChI=1S/C29H33F4N3O3S/c1-35(2)25-17-34-24-5-4-18(39-3)14-20(24)26(25)21(30)6-7-29(28(37)38)8-10-36(11-9-29)12-13-40-19-15-22(31)27(33)23(32)16-19/h4-5,14-17,21H,6-13H2,1-3H3,(H,37,38)/t21-/m0/s1. The van der Waals surface area contributed by atoms with Crippen LogP contribution in [0.15, 0.2) is 41.4 Å². The molecule has 0 radical (unpaired) electrons. The molecule has 4 rings (SSSR count). The number of likely N-dealkylation sites (tertiary alicyclic amines) is 1. The number of halogens is 4. The molecule has 0 unspecified atom stereocenters. The first-order valence-corrected chi connectivity index (χ1v) is 14.0. The van der Waals surface area contributed by atoms with Crippen LogP contribution in [0.4, 0.5) is 23.2 Å². The summed E-state index contributed by atoms with van der Waals surface area (Å²) >= 11 is 1.20. The first-order valence-electron chi connectivity index (χ1n) is 13.1. The summed E-state index contributed by atoms with van der Waals surface area (Å²) in [4.78, 5) is 21.0. The number of piperidine rings is 1. The van der Waals surface area contributed by atoms with Crippen LogP contribution >= 0.6 is 11.8 Å². The summed E-state index contributed by atoms with van der Waals surface area (Å²) in [6, 6.07) is 7.23. The van der Waals surface area contributed by atoms with Gasteiger partial charge in [-0.3, -0.25) is 9.78 Å². The summed E-state index contributed by atoms with van der Waals surface area (Å²) in [6.45, 7) is 1.59. The van der Waals surface area contributed by atoms with E-state index in [1.165, 1.54) is 11.8 Å². The zero-order chi connectivity index (χ0) is 29.0. The first-order chi connectivity index (χ1) is 19.0. The van der Waals surface area contributed by atoms with E-state index in [0.29, 0.717) is 71.0 Å². The van der Waals surface area contributed by atoms with Crippen LogP contribution in [0.25, 0.3) is 10.9 Å². The van der Waals surface area contributed by atoms with Gasteiger partial charge >= 0.3 is 5.97 Å². The molecule has 1 N–H and O–H groups in total. The van der Waals surface area contributed by atoms with Gasteiger partial charge in [-0.15, -0.1) is 11.8 Å². The number of hydrogen-bond acceptors (Lipinski definition) is 6. The van der Waals surface area contributed by atoms with Crippen LogP contribution in [0.3, 0.4) is 0 Å². The average Bonchev–Trinajstić information content (AvgIpc) is 2.94. The lowest BCUT2D eigenvalue weighted by molar-refractivity contribution is -0.153. The number of anilines is 1. The molecule has 216 valence electrons. The number of fused-ring (bicyclic) bond motifs is 1. The molecule has 1 saturated heterocycles. The number of carboxylic acids is 1. The van der Waals surface area contributed by atoms with Gasteiger partial charge in [0.05, 0.1) is 29.9 Å². The van der Waals surface area contributed by atoms with Gasteiger partial charge in [-0.05, 0) is 69.1 Å². The SMILES string of the molecule is COc1ccc2ncc(N(C)C)c([C@@H](F)CCC3(C(=O)O)CCN(CCSc4cc(F)c(F)c(F)c4)CC3)c2c1. The minimum atomic E-state index is -1.49. The van der Waals surface area contributed by atoms with Gasteiger partial charge in [0.2, 0.25) is 0 Å². The Morgan fingerprint density at radius 1 is 1.18 bits per heavy atom. The van der Waals surface area contributed by atoms with Crippen LogP contribution in [-0.2, 0) is 4.79 Å². The van der Waals surface area contributed by atoms with Crippen LogP contribution in [-0.4, -0.2) is 67.6 Å². The third-order valence-electron chi connectivity index (χ3n) is 7.67. The monoisotopic (exact) mass is 579 g/mol. The van der Waals surface area contributed by atoms with E-state index in [9.17, 15) is 23.1 Å². The minimum absolute atomic E-state index is 0.0427. The number of thioether (sulfide) groups is 1. The van der Waals surface area contributed by atoms with Crippen molar-refractivity contribution in [3.63, 3.8) is 0 Å². The highest BCUT2D eigenvalue weighted by molar-refractivity contribution is 7.99. The number of rotatable bonds is 11. The van der Waals surface area contributed by atoms with Gasteiger partial charge in [-0.25, -0.2) is 17.6 Å². The van der Waals surface area contributed by atoms with Gasteiger partial charge in [0.1, 0.15) is 11.9 Å². The normalized spacial score (nSPS) is 16.2. The van der Waals surface area contributed by atoms with Gasteiger partial charge in [0.25, 0.3) is 0 Å².